The van der Waals surface area contributed by atoms with E-state index < -0.39 is 0 Å². The van der Waals surface area contributed by atoms with Crippen molar-refractivity contribution in [3.8, 4) is 0 Å². The molecule has 0 fully saturated rings. The topological polar surface area (TPSA) is 42.2 Å². The zero-order chi connectivity index (χ0) is 13.5. The monoisotopic (exact) mass is 267 g/mol. The van der Waals surface area contributed by atoms with Crippen molar-refractivity contribution in [1.82, 2.24) is 9.88 Å². The van der Waals surface area contributed by atoms with Gasteiger partial charge in [0.2, 0.25) is 0 Å². The van der Waals surface area contributed by atoms with E-state index in [1.807, 2.05) is 24.2 Å². The van der Waals surface area contributed by atoms with Gasteiger partial charge < -0.3 is 5.73 Å². The lowest BCUT2D eigenvalue weighted by Crippen LogP contribution is -2.42. The van der Waals surface area contributed by atoms with Crippen molar-refractivity contribution in [2.45, 2.75) is 38.4 Å². The van der Waals surface area contributed by atoms with Crippen LogP contribution in [0.25, 0.3) is 0 Å². The van der Waals surface area contributed by atoms with E-state index >= 15 is 0 Å². The maximum absolute atomic E-state index is 6.17. The molecule has 1 rings (SSSR count). The number of thioether (sulfide) groups is 1. The highest BCUT2D eigenvalue weighted by atomic mass is 32.2. The second-order valence-corrected chi connectivity index (χ2v) is 5.87. The average molecular weight is 267 g/mol. The van der Waals surface area contributed by atoms with Crippen LogP contribution in [0.2, 0.25) is 0 Å². The van der Waals surface area contributed by atoms with Gasteiger partial charge in [-0.2, -0.15) is 11.8 Å². The maximum atomic E-state index is 6.17. The van der Waals surface area contributed by atoms with Gasteiger partial charge in [0.25, 0.3) is 0 Å². The Labute approximate surface area is 115 Å². The Morgan fingerprint density at radius 1 is 1.33 bits per heavy atom. The van der Waals surface area contributed by atoms with Crippen LogP contribution in [0.4, 0.5) is 0 Å². The summed E-state index contributed by atoms with van der Waals surface area (Å²) < 4.78 is 0. The van der Waals surface area contributed by atoms with Crippen molar-refractivity contribution in [3.05, 3.63) is 30.1 Å². The maximum Gasteiger partial charge on any atom is 0.0497 e. The zero-order valence-electron chi connectivity index (χ0n) is 11.8. The summed E-state index contributed by atoms with van der Waals surface area (Å²) in [7, 11) is 2.17. The van der Waals surface area contributed by atoms with Crippen molar-refractivity contribution in [2.75, 3.05) is 19.1 Å². The first-order valence-electron chi connectivity index (χ1n) is 6.44. The summed E-state index contributed by atoms with van der Waals surface area (Å²) in [5.74, 6) is 1.19. The van der Waals surface area contributed by atoms with Gasteiger partial charge in [-0.25, -0.2) is 0 Å². The largest absolute Gasteiger partial charge is 0.326 e. The van der Waals surface area contributed by atoms with E-state index in [0.29, 0.717) is 6.04 Å². The summed E-state index contributed by atoms with van der Waals surface area (Å²) in [6, 6.07) is 5.01. The molecule has 4 heteroatoms. The van der Waals surface area contributed by atoms with E-state index in [9.17, 15) is 0 Å². The SMILES string of the molecule is CSCCC(C)N(C)C(c1ccncc1)C(C)N. The molecule has 2 N–H and O–H groups in total. The fraction of sp³-hybridized carbons (Fsp3) is 0.643. The van der Waals surface area contributed by atoms with Gasteiger partial charge in [-0.05, 0) is 57.0 Å². The lowest BCUT2D eigenvalue weighted by atomic mass is 9.99. The van der Waals surface area contributed by atoms with E-state index in [1.54, 1.807) is 0 Å². The molecule has 0 aliphatic rings. The van der Waals surface area contributed by atoms with Crippen molar-refractivity contribution < 1.29 is 0 Å². The molecule has 1 aromatic heterocycles. The molecule has 3 unspecified atom stereocenters. The minimum atomic E-state index is 0.106. The third-order valence-electron chi connectivity index (χ3n) is 3.42. The lowest BCUT2D eigenvalue weighted by molar-refractivity contribution is 0.162. The average Bonchev–Trinajstić information content (AvgIpc) is 2.36. The van der Waals surface area contributed by atoms with Gasteiger partial charge in [-0.15, -0.1) is 0 Å². The number of hydrogen-bond acceptors (Lipinski definition) is 4. The van der Waals surface area contributed by atoms with Crippen LogP contribution in [0.3, 0.4) is 0 Å². The first-order chi connectivity index (χ1) is 8.57. The molecular weight excluding hydrogens is 242 g/mol. The number of nitrogens with two attached hydrogens (primary N) is 1. The second-order valence-electron chi connectivity index (χ2n) is 4.88. The molecule has 102 valence electrons. The lowest BCUT2D eigenvalue weighted by Gasteiger charge is -2.36. The first-order valence-corrected chi connectivity index (χ1v) is 7.83. The van der Waals surface area contributed by atoms with E-state index in [-0.39, 0.29) is 12.1 Å². The summed E-state index contributed by atoms with van der Waals surface area (Å²) in [4.78, 5) is 6.46. The highest BCUT2D eigenvalue weighted by Crippen LogP contribution is 2.24. The fourth-order valence-corrected chi connectivity index (χ4v) is 2.81. The second kappa shape index (κ2) is 7.77. The van der Waals surface area contributed by atoms with Crippen LogP contribution >= 0.6 is 11.8 Å². The Hall–Kier alpha value is -0.580. The fourth-order valence-electron chi connectivity index (χ4n) is 2.24. The number of nitrogens with zero attached hydrogens (tertiary/aromatic N) is 2. The summed E-state index contributed by atoms with van der Waals surface area (Å²) in [5, 5.41) is 0. The Balaban J connectivity index is 2.79. The Kier molecular flexibility index (Phi) is 6.68. The molecule has 1 heterocycles. The molecule has 0 saturated heterocycles. The van der Waals surface area contributed by atoms with Gasteiger partial charge in [0.1, 0.15) is 0 Å². The van der Waals surface area contributed by atoms with Crippen LogP contribution in [-0.2, 0) is 0 Å². The number of aromatic nitrogens is 1. The highest BCUT2D eigenvalue weighted by Gasteiger charge is 2.24. The van der Waals surface area contributed by atoms with Gasteiger partial charge >= 0.3 is 0 Å². The molecule has 18 heavy (non-hydrogen) atoms. The summed E-state index contributed by atoms with van der Waals surface area (Å²) in [5.41, 5.74) is 7.42. The molecule has 0 radical (unpaired) electrons. The number of rotatable bonds is 7. The highest BCUT2D eigenvalue weighted by molar-refractivity contribution is 7.98. The van der Waals surface area contributed by atoms with Crippen LogP contribution in [0.15, 0.2) is 24.5 Å². The molecule has 0 spiro atoms. The third-order valence-corrected chi connectivity index (χ3v) is 4.06. The van der Waals surface area contributed by atoms with E-state index in [1.165, 1.54) is 17.7 Å². The van der Waals surface area contributed by atoms with Crippen molar-refractivity contribution in [1.29, 1.82) is 0 Å². The van der Waals surface area contributed by atoms with Crippen LogP contribution in [0.5, 0.6) is 0 Å². The summed E-state index contributed by atoms with van der Waals surface area (Å²) >= 11 is 1.90. The van der Waals surface area contributed by atoms with Crippen LogP contribution < -0.4 is 5.73 Å². The van der Waals surface area contributed by atoms with Crippen molar-refractivity contribution >= 4 is 11.8 Å². The molecule has 3 nitrogen and oxygen atoms in total. The van der Waals surface area contributed by atoms with Gasteiger partial charge in [-0.1, -0.05) is 0 Å². The van der Waals surface area contributed by atoms with Gasteiger partial charge in [0.05, 0.1) is 0 Å². The molecule has 0 aromatic carbocycles. The Morgan fingerprint density at radius 3 is 2.44 bits per heavy atom. The zero-order valence-corrected chi connectivity index (χ0v) is 12.7. The molecule has 3 atom stereocenters. The number of pyridine rings is 1. The molecular formula is C14H25N3S. The molecule has 0 saturated carbocycles. The Bertz CT molecular complexity index is 329. The van der Waals surface area contributed by atoms with Crippen molar-refractivity contribution in [3.63, 3.8) is 0 Å². The predicted molar refractivity (Wildman–Crippen MR) is 80.9 cm³/mol. The van der Waals surface area contributed by atoms with Crippen LogP contribution in [-0.4, -0.2) is 41.0 Å². The standard InChI is InChI=1S/C14H25N3S/c1-11(7-10-18-4)17(3)14(12(2)15)13-5-8-16-9-6-13/h5-6,8-9,11-12,14H,7,10,15H2,1-4H3. The molecule has 0 aliphatic carbocycles. The van der Waals surface area contributed by atoms with Gasteiger partial charge in [0.15, 0.2) is 0 Å². The van der Waals surface area contributed by atoms with Gasteiger partial charge in [0, 0.05) is 30.5 Å². The summed E-state index contributed by atoms with van der Waals surface area (Å²) in [6.45, 7) is 4.34. The first kappa shape index (κ1) is 15.5. The van der Waals surface area contributed by atoms with E-state index in [2.05, 4.69) is 49.2 Å². The molecule has 0 amide bonds. The minimum absolute atomic E-state index is 0.106. The summed E-state index contributed by atoms with van der Waals surface area (Å²) in [6.07, 6.45) is 7.01. The quantitative estimate of drug-likeness (QED) is 0.824. The molecule has 0 aliphatic heterocycles. The minimum Gasteiger partial charge on any atom is -0.326 e. The van der Waals surface area contributed by atoms with E-state index in [0.717, 1.165) is 0 Å². The number of hydrogen-bond donors (Lipinski definition) is 1. The molecule has 1 aromatic rings. The predicted octanol–water partition coefficient (Wildman–Crippen LogP) is 2.54. The normalized spacial score (nSPS) is 16.6. The van der Waals surface area contributed by atoms with E-state index in [4.69, 9.17) is 5.73 Å². The van der Waals surface area contributed by atoms with Gasteiger partial charge in [-0.3, -0.25) is 9.88 Å². The van der Waals surface area contributed by atoms with Crippen molar-refractivity contribution in [2.24, 2.45) is 5.73 Å². The van der Waals surface area contributed by atoms with Crippen LogP contribution in [0, 0.1) is 0 Å². The molecule has 0 bridgehead atoms. The number of likely N-dealkylation sites (N-methyl/N-ethyl adjacent to an activating group) is 1. The third kappa shape index (κ3) is 4.26. The Morgan fingerprint density at radius 2 is 1.94 bits per heavy atom. The van der Waals surface area contributed by atoms with Crippen LogP contribution in [0.1, 0.15) is 31.9 Å². The smallest absolute Gasteiger partial charge is 0.0497 e.